The summed E-state index contributed by atoms with van der Waals surface area (Å²) < 4.78 is 16.2. The van der Waals surface area contributed by atoms with Crippen LogP contribution in [0.25, 0.3) is 6.08 Å². The largest absolute Gasteiger partial charge is 0.493 e. The molecule has 2 N–H and O–H groups in total. The average molecular weight is 377 g/mol. The first-order valence-corrected chi connectivity index (χ1v) is 8.84. The maximum Gasteiger partial charge on any atom is 0.264 e. The van der Waals surface area contributed by atoms with Crippen LogP contribution in [0.5, 0.6) is 11.5 Å². The number of hydrogen-bond acceptors (Lipinski definition) is 7. The van der Waals surface area contributed by atoms with Gasteiger partial charge in [0.05, 0.1) is 25.2 Å². The van der Waals surface area contributed by atoms with E-state index in [1.165, 1.54) is 7.11 Å². The van der Waals surface area contributed by atoms with Crippen LogP contribution in [0, 0.1) is 5.41 Å². The molecule has 0 bridgehead atoms. The van der Waals surface area contributed by atoms with Crippen molar-refractivity contribution in [3.63, 3.8) is 0 Å². The van der Waals surface area contributed by atoms with Gasteiger partial charge in [0.25, 0.3) is 11.8 Å². The minimum Gasteiger partial charge on any atom is -0.493 e. The molecule has 1 aromatic rings. The quantitative estimate of drug-likeness (QED) is 0.745. The summed E-state index contributed by atoms with van der Waals surface area (Å²) in [5.74, 6) is 0.523. The fourth-order valence-electron chi connectivity index (χ4n) is 2.53. The van der Waals surface area contributed by atoms with Gasteiger partial charge < -0.3 is 24.4 Å². The van der Waals surface area contributed by atoms with Crippen LogP contribution in [0.1, 0.15) is 5.56 Å². The summed E-state index contributed by atoms with van der Waals surface area (Å²) >= 11 is 1.07. The van der Waals surface area contributed by atoms with Crippen LogP contribution in [0.4, 0.5) is 0 Å². The van der Waals surface area contributed by atoms with Crippen molar-refractivity contribution >= 4 is 34.8 Å². The van der Waals surface area contributed by atoms with Crippen LogP contribution in [0.15, 0.2) is 23.1 Å². The van der Waals surface area contributed by atoms with E-state index in [0.29, 0.717) is 42.7 Å². The van der Waals surface area contributed by atoms with Crippen LogP contribution < -0.4 is 14.8 Å². The highest BCUT2D eigenvalue weighted by Crippen LogP contribution is 2.31. The third kappa shape index (κ3) is 4.36. The van der Waals surface area contributed by atoms with E-state index in [4.69, 9.17) is 19.6 Å². The van der Waals surface area contributed by atoms with E-state index in [-0.39, 0.29) is 23.6 Å². The maximum absolute atomic E-state index is 12.2. The Morgan fingerprint density at radius 3 is 2.81 bits per heavy atom. The summed E-state index contributed by atoms with van der Waals surface area (Å²) in [5.41, 5.74) is 0.737. The third-order valence-electron chi connectivity index (χ3n) is 3.86. The summed E-state index contributed by atoms with van der Waals surface area (Å²) in [7, 11) is 1.51. The van der Waals surface area contributed by atoms with Crippen LogP contribution in [0.2, 0.25) is 0 Å². The number of carbonyl (C=O) groups excluding carboxylic acids is 2. The molecule has 0 atom stereocenters. The summed E-state index contributed by atoms with van der Waals surface area (Å²) in [4.78, 5) is 26.0. The number of carbonyl (C=O) groups is 2. The number of hydrogen-bond donors (Lipinski definition) is 2. The van der Waals surface area contributed by atoms with Gasteiger partial charge in [-0.25, -0.2) is 0 Å². The number of nitrogens with one attached hydrogen (secondary N) is 2. The van der Waals surface area contributed by atoms with Gasteiger partial charge in [0, 0.05) is 13.1 Å². The summed E-state index contributed by atoms with van der Waals surface area (Å²) in [6.45, 7) is 2.15. The van der Waals surface area contributed by atoms with E-state index in [1.807, 2.05) is 0 Å². The first-order valence-electron chi connectivity index (χ1n) is 8.02. The second kappa shape index (κ2) is 8.24. The Kier molecular flexibility index (Phi) is 5.79. The second-order valence-corrected chi connectivity index (χ2v) is 6.64. The Balaban J connectivity index is 1.67. The Bertz CT molecular complexity index is 759. The van der Waals surface area contributed by atoms with E-state index in [9.17, 15) is 9.59 Å². The minimum absolute atomic E-state index is 0.0772. The number of benzene rings is 1. The van der Waals surface area contributed by atoms with Crippen molar-refractivity contribution in [2.45, 2.75) is 0 Å². The zero-order valence-electron chi connectivity index (χ0n) is 14.2. The van der Waals surface area contributed by atoms with E-state index in [0.717, 1.165) is 17.3 Å². The number of ether oxygens (including phenoxy) is 3. The summed E-state index contributed by atoms with van der Waals surface area (Å²) in [5, 5.41) is 10.00. The molecule has 138 valence electrons. The number of rotatable bonds is 5. The molecule has 0 radical (unpaired) electrons. The Labute approximate surface area is 155 Å². The highest BCUT2D eigenvalue weighted by atomic mass is 32.2. The number of nitrogens with zero attached hydrogens (tertiary/aromatic N) is 1. The van der Waals surface area contributed by atoms with Crippen molar-refractivity contribution in [3.05, 3.63) is 28.7 Å². The van der Waals surface area contributed by atoms with Crippen molar-refractivity contribution < 1.29 is 23.8 Å². The molecule has 0 aliphatic carbocycles. The standard InChI is InChI=1S/C17H19N3O5S/c1-23-13-8-11(9-14-16(22)19-17(18)26-14)2-3-12(13)25-10-15(21)20-4-6-24-7-5-20/h2-3,8-9H,4-7,10H2,1H3,(H2,18,19,22)/b14-9-. The molecule has 3 rings (SSSR count). The molecule has 2 aliphatic heterocycles. The van der Waals surface area contributed by atoms with Gasteiger partial charge in [0.1, 0.15) is 0 Å². The van der Waals surface area contributed by atoms with Gasteiger partial charge in [-0.15, -0.1) is 0 Å². The number of morpholine rings is 1. The van der Waals surface area contributed by atoms with Gasteiger partial charge in [-0.05, 0) is 35.5 Å². The van der Waals surface area contributed by atoms with Crippen LogP contribution in [-0.2, 0) is 14.3 Å². The van der Waals surface area contributed by atoms with Gasteiger partial charge in [0.15, 0.2) is 23.3 Å². The van der Waals surface area contributed by atoms with Crippen molar-refractivity contribution in [1.29, 1.82) is 5.41 Å². The number of amides is 2. The summed E-state index contributed by atoms with van der Waals surface area (Å²) in [6, 6.07) is 5.18. The molecule has 0 unspecified atom stereocenters. The molecule has 0 aromatic heterocycles. The number of methoxy groups -OCH3 is 1. The van der Waals surface area contributed by atoms with E-state index in [2.05, 4.69) is 5.32 Å². The fraction of sp³-hybridized carbons (Fsp3) is 0.353. The first-order chi connectivity index (χ1) is 12.6. The van der Waals surface area contributed by atoms with Crippen molar-refractivity contribution in [2.24, 2.45) is 0 Å². The van der Waals surface area contributed by atoms with Crippen LogP contribution in [0.3, 0.4) is 0 Å². The zero-order chi connectivity index (χ0) is 18.5. The molecule has 2 aliphatic rings. The number of thioether (sulfide) groups is 1. The van der Waals surface area contributed by atoms with E-state index in [1.54, 1.807) is 29.2 Å². The zero-order valence-corrected chi connectivity index (χ0v) is 15.1. The van der Waals surface area contributed by atoms with Gasteiger partial charge >= 0.3 is 0 Å². The second-order valence-electron chi connectivity index (χ2n) is 5.59. The molecule has 0 spiro atoms. The smallest absolute Gasteiger partial charge is 0.264 e. The SMILES string of the molecule is COc1cc(/C=C2\SC(=N)NC2=O)ccc1OCC(=O)N1CCOCC1. The molecule has 2 heterocycles. The minimum atomic E-state index is -0.296. The van der Waals surface area contributed by atoms with Gasteiger partial charge in [-0.3, -0.25) is 15.0 Å². The maximum atomic E-state index is 12.2. The lowest BCUT2D eigenvalue weighted by Gasteiger charge is -2.26. The molecule has 2 saturated heterocycles. The predicted octanol–water partition coefficient (Wildman–Crippen LogP) is 1.07. The topological polar surface area (TPSA) is 101 Å². The molecule has 2 amide bonds. The monoisotopic (exact) mass is 377 g/mol. The molecule has 9 heteroatoms. The molecule has 2 fully saturated rings. The van der Waals surface area contributed by atoms with Crippen LogP contribution >= 0.6 is 11.8 Å². The Morgan fingerprint density at radius 1 is 1.38 bits per heavy atom. The molecule has 26 heavy (non-hydrogen) atoms. The van der Waals surface area contributed by atoms with Gasteiger partial charge in [-0.1, -0.05) is 6.07 Å². The van der Waals surface area contributed by atoms with E-state index >= 15 is 0 Å². The third-order valence-corrected chi connectivity index (χ3v) is 4.69. The lowest BCUT2D eigenvalue weighted by atomic mass is 10.2. The highest BCUT2D eigenvalue weighted by molar-refractivity contribution is 8.18. The van der Waals surface area contributed by atoms with Crippen molar-refractivity contribution in [1.82, 2.24) is 10.2 Å². The lowest BCUT2D eigenvalue weighted by Crippen LogP contribution is -2.43. The lowest BCUT2D eigenvalue weighted by molar-refractivity contribution is -0.137. The molecule has 8 nitrogen and oxygen atoms in total. The van der Waals surface area contributed by atoms with Crippen molar-refractivity contribution in [2.75, 3.05) is 40.0 Å². The first kappa shape index (κ1) is 18.3. The molecular formula is C17H19N3O5S. The predicted molar refractivity (Wildman–Crippen MR) is 97.3 cm³/mol. The van der Waals surface area contributed by atoms with Crippen LogP contribution in [-0.4, -0.2) is 61.9 Å². The van der Waals surface area contributed by atoms with E-state index < -0.39 is 0 Å². The molecule has 0 saturated carbocycles. The average Bonchev–Trinajstić information content (AvgIpc) is 2.97. The Hall–Kier alpha value is -2.52. The number of amidine groups is 1. The van der Waals surface area contributed by atoms with Crippen molar-refractivity contribution in [3.8, 4) is 11.5 Å². The van der Waals surface area contributed by atoms with Gasteiger partial charge in [-0.2, -0.15) is 0 Å². The van der Waals surface area contributed by atoms with Gasteiger partial charge in [0.2, 0.25) is 0 Å². The molecular weight excluding hydrogens is 358 g/mol. The Morgan fingerprint density at radius 2 is 2.15 bits per heavy atom. The highest BCUT2D eigenvalue weighted by Gasteiger charge is 2.22. The fourth-order valence-corrected chi connectivity index (χ4v) is 3.23. The molecule has 1 aromatic carbocycles. The normalized spacial score (nSPS) is 18.8. The summed E-state index contributed by atoms with van der Waals surface area (Å²) in [6.07, 6.45) is 1.67.